The third kappa shape index (κ3) is 2.87. The van der Waals surface area contributed by atoms with E-state index in [0.717, 1.165) is 5.57 Å². The molecule has 2 nitrogen and oxygen atoms in total. The lowest BCUT2D eigenvalue weighted by Gasteiger charge is -1.95. The molecule has 10 heavy (non-hydrogen) atoms. The van der Waals surface area contributed by atoms with Crippen molar-refractivity contribution >= 4 is 6.21 Å². The molecule has 0 heterocycles. The second-order valence-electron chi connectivity index (χ2n) is 1.76. The average molecular weight is 136 g/mol. The summed E-state index contributed by atoms with van der Waals surface area (Å²) in [7, 11) is 1.69. The molecule has 0 spiro atoms. The van der Waals surface area contributed by atoms with Crippen LogP contribution in [0.2, 0.25) is 0 Å². The zero-order valence-corrected chi connectivity index (χ0v) is 6.17. The van der Waals surface area contributed by atoms with E-state index in [9.17, 15) is 0 Å². The summed E-state index contributed by atoms with van der Waals surface area (Å²) in [4.78, 5) is 3.76. The minimum Gasteiger partial charge on any atom is -0.399 e. The highest BCUT2D eigenvalue weighted by atomic mass is 14.6. The molecule has 54 valence electrons. The second kappa shape index (κ2) is 4.56. The van der Waals surface area contributed by atoms with Crippen LogP contribution in [-0.2, 0) is 0 Å². The molecule has 0 radical (unpaired) electrons. The molecular weight excluding hydrogens is 124 g/mol. The zero-order chi connectivity index (χ0) is 7.98. The number of aliphatic imine (C=N–C) groups is 1. The van der Waals surface area contributed by atoms with Crippen molar-refractivity contribution in [2.75, 3.05) is 7.05 Å². The van der Waals surface area contributed by atoms with Gasteiger partial charge in [-0.25, -0.2) is 0 Å². The number of hydrogen-bond donors (Lipinski definition) is 1. The van der Waals surface area contributed by atoms with E-state index in [1.807, 2.05) is 0 Å². The van der Waals surface area contributed by atoms with Gasteiger partial charge in [-0.2, -0.15) is 0 Å². The molecule has 0 amide bonds. The Hall–Kier alpha value is -1.31. The first-order valence-corrected chi connectivity index (χ1v) is 2.92. The van der Waals surface area contributed by atoms with Crippen LogP contribution in [0.25, 0.3) is 0 Å². The predicted molar refractivity (Wildman–Crippen MR) is 46.0 cm³/mol. The summed E-state index contributed by atoms with van der Waals surface area (Å²) in [5, 5.41) is 0. The number of allylic oxidation sites excluding steroid dienone is 2. The van der Waals surface area contributed by atoms with Gasteiger partial charge in [0.05, 0.1) is 0 Å². The molecule has 0 aliphatic carbocycles. The Morgan fingerprint density at radius 3 is 2.50 bits per heavy atom. The highest BCUT2D eigenvalue weighted by Crippen LogP contribution is 1.99. The van der Waals surface area contributed by atoms with Gasteiger partial charge in [0.2, 0.25) is 0 Å². The molecule has 0 aromatic rings. The van der Waals surface area contributed by atoms with Gasteiger partial charge in [0.15, 0.2) is 0 Å². The Morgan fingerprint density at radius 1 is 1.60 bits per heavy atom. The smallest absolute Gasteiger partial charge is 0.0314 e. The molecule has 0 saturated heterocycles. The monoisotopic (exact) mass is 136 g/mol. The van der Waals surface area contributed by atoms with E-state index in [-0.39, 0.29) is 0 Å². The van der Waals surface area contributed by atoms with E-state index in [1.165, 1.54) is 0 Å². The number of nitrogens with zero attached hydrogens (tertiary/aromatic N) is 1. The summed E-state index contributed by atoms with van der Waals surface area (Å²) >= 11 is 0. The van der Waals surface area contributed by atoms with Gasteiger partial charge in [0, 0.05) is 19.0 Å². The lowest BCUT2D eigenvalue weighted by molar-refractivity contribution is 1.38. The van der Waals surface area contributed by atoms with Crippen LogP contribution in [0.15, 0.2) is 41.6 Å². The van der Waals surface area contributed by atoms with Gasteiger partial charge in [0.25, 0.3) is 0 Å². The predicted octanol–water partition coefficient (Wildman–Crippen LogP) is 1.27. The van der Waals surface area contributed by atoms with Gasteiger partial charge in [-0.05, 0) is 11.6 Å². The van der Waals surface area contributed by atoms with E-state index in [0.29, 0.717) is 5.70 Å². The Morgan fingerprint density at radius 2 is 2.20 bits per heavy atom. The maximum Gasteiger partial charge on any atom is 0.0314 e. The third-order valence-corrected chi connectivity index (χ3v) is 0.994. The first kappa shape index (κ1) is 8.69. The highest BCUT2D eigenvalue weighted by Gasteiger charge is 1.87. The van der Waals surface area contributed by atoms with Crippen LogP contribution >= 0.6 is 0 Å². The minimum absolute atomic E-state index is 0.509. The molecule has 0 bridgehead atoms. The zero-order valence-electron chi connectivity index (χ0n) is 6.17. The quantitative estimate of drug-likeness (QED) is 0.460. The molecule has 0 atom stereocenters. The van der Waals surface area contributed by atoms with Crippen molar-refractivity contribution < 1.29 is 0 Å². The van der Waals surface area contributed by atoms with Gasteiger partial charge >= 0.3 is 0 Å². The fourth-order valence-electron chi connectivity index (χ4n) is 0.461. The van der Waals surface area contributed by atoms with E-state index in [4.69, 9.17) is 5.73 Å². The SMILES string of the molecule is C=C/C(=C\C=NC)C(=C)N. The van der Waals surface area contributed by atoms with Crippen LogP contribution in [0, 0.1) is 0 Å². The van der Waals surface area contributed by atoms with Crippen molar-refractivity contribution in [2.45, 2.75) is 0 Å². The first-order chi connectivity index (χ1) is 4.72. The van der Waals surface area contributed by atoms with Crippen LogP contribution < -0.4 is 5.73 Å². The van der Waals surface area contributed by atoms with Crippen LogP contribution in [0.5, 0.6) is 0 Å². The van der Waals surface area contributed by atoms with Crippen molar-refractivity contribution in [3.05, 3.63) is 36.6 Å². The maximum absolute atomic E-state index is 5.39. The first-order valence-electron chi connectivity index (χ1n) is 2.92. The molecule has 0 saturated carbocycles. The lowest BCUT2D eigenvalue weighted by Crippen LogP contribution is -1.96. The highest BCUT2D eigenvalue weighted by molar-refractivity contribution is 5.74. The van der Waals surface area contributed by atoms with Crippen molar-refractivity contribution in [3.8, 4) is 0 Å². The van der Waals surface area contributed by atoms with Crippen molar-refractivity contribution in [2.24, 2.45) is 10.7 Å². The molecular formula is C8H12N2. The largest absolute Gasteiger partial charge is 0.399 e. The normalized spacial score (nSPS) is 11.9. The number of hydrogen-bond acceptors (Lipinski definition) is 2. The Balaban J connectivity index is 4.33. The summed E-state index contributed by atoms with van der Waals surface area (Å²) in [6.07, 6.45) is 5.05. The summed E-state index contributed by atoms with van der Waals surface area (Å²) in [6, 6.07) is 0. The van der Waals surface area contributed by atoms with E-state index >= 15 is 0 Å². The Labute approximate surface area is 61.5 Å². The molecule has 0 rings (SSSR count). The van der Waals surface area contributed by atoms with Crippen molar-refractivity contribution in [3.63, 3.8) is 0 Å². The molecule has 0 unspecified atom stereocenters. The van der Waals surface area contributed by atoms with Gasteiger partial charge in [-0.1, -0.05) is 19.2 Å². The maximum atomic E-state index is 5.39. The molecule has 2 N–H and O–H groups in total. The minimum atomic E-state index is 0.509. The molecule has 0 aromatic heterocycles. The topological polar surface area (TPSA) is 38.4 Å². The third-order valence-electron chi connectivity index (χ3n) is 0.994. The fourth-order valence-corrected chi connectivity index (χ4v) is 0.461. The van der Waals surface area contributed by atoms with Gasteiger partial charge in [-0.15, -0.1) is 0 Å². The Kier molecular flexibility index (Phi) is 3.96. The molecule has 0 fully saturated rings. The average Bonchev–Trinajstić information content (AvgIpc) is 1.89. The van der Waals surface area contributed by atoms with Gasteiger partial charge < -0.3 is 5.73 Å². The molecule has 0 aliphatic heterocycles. The van der Waals surface area contributed by atoms with Gasteiger partial charge in [-0.3, -0.25) is 4.99 Å². The number of nitrogens with two attached hydrogens (primary N) is 1. The molecule has 2 heteroatoms. The van der Waals surface area contributed by atoms with Crippen LogP contribution in [0.1, 0.15) is 0 Å². The van der Waals surface area contributed by atoms with E-state index in [1.54, 1.807) is 25.4 Å². The summed E-state index contributed by atoms with van der Waals surface area (Å²) in [5.41, 5.74) is 6.71. The van der Waals surface area contributed by atoms with E-state index < -0.39 is 0 Å². The lowest BCUT2D eigenvalue weighted by atomic mass is 10.2. The standard InChI is InChI=1S/C8H12N2/c1-4-8(7(2)9)5-6-10-3/h4-6H,1-2,9H2,3H3/b8-5+,10-6?. The van der Waals surface area contributed by atoms with Crippen LogP contribution in [0.3, 0.4) is 0 Å². The van der Waals surface area contributed by atoms with Crippen LogP contribution in [0.4, 0.5) is 0 Å². The summed E-state index contributed by atoms with van der Waals surface area (Å²) in [5.74, 6) is 0. The molecule has 0 aliphatic rings. The summed E-state index contributed by atoms with van der Waals surface area (Å²) in [6.45, 7) is 7.12. The van der Waals surface area contributed by atoms with Gasteiger partial charge in [0.1, 0.15) is 0 Å². The van der Waals surface area contributed by atoms with Crippen molar-refractivity contribution in [1.29, 1.82) is 0 Å². The number of rotatable bonds is 3. The second-order valence-corrected chi connectivity index (χ2v) is 1.76. The fraction of sp³-hybridized carbons (Fsp3) is 0.125. The molecule has 0 aromatic carbocycles. The van der Waals surface area contributed by atoms with Crippen molar-refractivity contribution in [1.82, 2.24) is 0 Å². The summed E-state index contributed by atoms with van der Waals surface area (Å²) < 4.78 is 0. The van der Waals surface area contributed by atoms with Crippen LogP contribution in [-0.4, -0.2) is 13.3 Å². The van der Waals surface area contributed by atoms with E-state index in [2.05, 4.69) is 18.2 Å². The Bertz CT molecular complexity index is 187.